The van der Waals surface area contributed by atoms with E-state index >= 15 is 0 Å². The topological polar surface area (TPSA) is 26.3 Å². The molecule has 0 fully saturated rings. The maximum atomic E-state index is 12.8. The van der Waals surface area contributed by atoms with Gasteiger partial charge in [-0.1, -0.05) is 24.3 Å². The Kier molecular flexibility index (Phi) is 3.72. The fourth-order valence-electron chi connectivity index (χ4n) is 1.76. The summed E-state index contributed by atoms with van der Waals surface area (Å²) in [6.45, 7) is 0. The van der Waals surface area contributed by atoms with Gasteiger partial charge in [-0.05, 0) is 29.8 Å². The highest BCUT2D eigenvalue weighted by Gasteiger charge is 2.11. The fraction of sp³-hybridized carbons (Fsp3) is 0.133. The van der Waals surface area contributed by atoms with Gasteiger partial charge >= 0.3 is 0 Å². The van der Waals surface area contributed by atoms with Crippen LogP contribution >= 0.6 is 0 Å². The van der Waals surface area contributed by atoms with Crippen molar-refractivity contribution in [1.82, 2.24) is 0 Å². The number of ketones is 1. The number of Topliss-reactive ketones (excluding diaryl/α,β-unsaturated/α-hetero) is 1. The molecule has 0 amide bonds. The molecule has 0 heterocycles. The highest BCUT2D eigenvalue weighted by atomic mass is 19.1. The number of benzene rings is 2. The molecule has 0 N–H and O–H groups in total. The molecule has 2 aromatic rings. The Balaban J connectivity index is 2.19. The number of hydrogen-bond donors (Lipinski definition) is 0. The molecule has 0 atom stereocenters. The predicted octanol–water partition coefficient (Wildman–Crippen LogP) is 3.26. The van der Waals surface area contributed by atoms with E-state index in [4.69, 9.17) is 4.74 Å². The summed E-state index contributed by atoms with van der Waals surface area (Å²) < 4.78 is 17.9. The van der Waals surface area contributed by atoms with Crippen LogP contribution in [0.1, 0.15) is 15.9 Å². The van der Waals surface area contributed by atoms with Crippen LogP contribution in [0.4, 0.5) is 4.39 Å². The predicted molar refractivity (Wildman–Crippen MR) is 67.4 cm³/mol. The zero-order chi connectivity index (χ0) is 13.0. The molecule has 3 heteroatoms. The number of rotatable bonds is 4. The zero-order valence-corrected chi connectivity index (χ0v) is 10.0. The summed E-state index contributed by atoms with van der Waals surface area (Å²) in [7, 11) is 1.53. The fourth-order valence-corrected chi connectivity index (χ4v) is 1.76. The highest BCUT2D eigenvalue weighted by molar-refractivity contribution is 5.99. The first kappa shape index (κ1) is 12.3. The molecule has 2 nitrogen and oxygen atoms in total. The van der Waals surface area contributed by atoms with Crippen LogP contribution in [0.3, 0.4) is 0 Å². The number of halogens is 1. The van der Waals surface area contributed by atoms with Crippen molar-refractivity contribution < 1.29 is 13.9 Å². The van der Waals surface area contributed by atoms with Gasteiger partial charge in [0.25, 0.3) is 0 Å². The van der Waals surface area contributed by atoms with Crippen LogP contribution < -0.4 is 4.74 Å². The molecule has 92 valence electrons. The van der Waals surface area contributed by atoms with Crippen molar-refractivity contribution in [1.29, 1.82) is 0 Å². The van der Waals surface area contributed by atoms with Gasteiger partial charge in [-0.3, -0.25) is 4.79 Å². The Morgan fingerprint density at radius 1 is 1.11 bits per heavy atom. The van der Waals surface area contributed by atoms with E-state index in [0.717, 1.165) is 5.56 Å². The van der Waals surface area contributed by atoms with Crippen LogP contribution in [0.2, 0.25) is 0 Å². The summed E-state index contributed by atoms with van der Waals surface area (Å²) in [5.74, 6) is 0.215. The minimum atomic E-state index is -0.302. The van der Waals surface area contributed by atoms with Crippen LogP contribution in [-0.4, -0.2) is 12.9 Å². The first-order valence-corrected chi connectivity index (χ1v) is 5.61. The van der Waals surface area contributed by atoms with E-state index in [2.05, 4.69) is 0 Å². The third kappa shape index (κ3) is 2.74. The normalized spacial score (nSPS) is 10.1. The van der Waals surface area contributed by atoms with Gasteiger partial charge in [0.2, 0.25) is 0 Å². The Labute approximate surface area is 105 Å². The Morgan fingerprint density at radius 3 is 2.44 bits per heavy atom. The number of carbonyl (C=O) groups excluding carboxylic acids is 1. The standard InChI is InChI=1S/C15H13FO2/c1-18-15-5-3-2-4-13(15)14(17)10-11-6-8-12(16)9-7-11/h2-9H,10H2,1H3. The van der Waals surface area contributed by atoms with E-state index in [1.165, 1.54) is 19.2 Å². The molecule has 0 unspecified atom stereocenters. The summed E-state index contributed by atoms with van der Waals surface area (Å²) in [5.41, 5.74) is 1.33. The largest absolute Gasteiger partial charge is 0.496 e. The van der Waals surface area contributed by atoms with E-state index in [9.17, 15) is 9.18 Å². The molecule has 0 radical (unpaired) electrons. The van der Waals surface area contributed by atoms with Gasteiger partial charge in [-0.25, -0.2) is 4.39 Å². The van der Waals surface area contributed by atoms with E-state index < -0.39 is 0 Å². The maximum Gasteiger partial charge on any atom is 0.170 e. The smallest absolute Gasteiger partial charge is 0.170 e. The van der Waals surface area contributed by atoms with Crippen LogP contribution in [0, 0.1) is 5.82 Å². The number of ether oxygens (including phenoxy) is 1. The van der Waals surface area contributed by atoms with Crippen molar-refractivity contribution in [2.45, 2.75) is 6.42 Å². The average Bonchev–Trinajstić information content (AvgIpc) is 2.41. The van der Waals surface area contributed by atoms with Crippen molar-refractivity contribution >= 4 is 5.78 Å². The quantitative estimate of drug-likeness (QED) is 0.772. The van der Waals surface area contributed by atoms with Crippen molar-refractivity contribution in [3.63, 3.8) is 0 Å². The average molecular weight is 244 g/mol. The van der Waals surface area contributed by atoms with Crippen molar-refractivity contribution in [2.24, 2.45) is 0 Å². The van der Waals surface area contributed by atoms with Crippen LogP contribution in [0.5, 0.6) is 5.75 Å². The number of carbonyl (C=O) groups is 1. The Hall–Kier alpha value is -2.16. The molecule has 2 aromatic carbocycles. The molecule has 18 heavy (non-hydrogen) atoms. The summed E-state index contributed by atoms with van der Waals surface area (Å²) >= 11 is 0. The van der Waals surface area contributed by atoms with Crippen molar-refractivity contribution in [3.05, 3.63) is 65.5 Å². The van der Waals surface area contributed by atoms with Gasteiger partial charge in [0.1, 0.15) is 11.6 Å². The third-order valence-corrected chi connectivity index (χ3v) is 2.69. The van der Waals surface area contributed by atoms with E-state index in [-0.39, 0.29) is 18.0 Å². The van der Waals surface area contributed by atoms with Gasteiger partial charge in [0.15, 0.2) is 5.78 Å². The van der Waals surface area contributed by atoms with E-state index in [0.29, 0.717) is 11.3 Å². The lowest BCUT2D eigenvalue weighted by Gasteiger charge is -2.07. The monoisotopic (exact) mass is 244 g/mol. The highest BCUT2D eigenvalue weighted by Crippen LogP contribution is 2.19. The summed E-state index contributed by atoms with van der Waals surface area (Å²) in [4.78, 5) is 12.1. The molecule has 0 aliphatic heterocycles. The summed E-state index contributed by atoms with van der Waals surface area (Å²) in [6, 6.07) is 13.0. The molecule has 0 aliphatic carbocycles. The first-order chi connectivity index (χ1) is 8.70. The van der Waals surface area contributed by atoms with Crippen LogP contribution in [-0.2, 0) is 6.42 Å². The molecular formula is C15H13FO2. The molecule has 2 rings (SSSR count). The minimum Gasteiger partial charge on any atom is -0.496 e. The Bertz CT molecular complexity index is 547. The van der Waals surface area contributed by atoms with E-state index in [1.807, 2.05) is 6.07 Å². The number of para-hydroxylation sites is 1. The second-order valence-electron chi connectivity index (χ2n) is 3.93. The third-order valence-electron chi connectivity index (χ3n) is 2.69. The molecule has 0 bridgehead atoms. The maximum absolute atomic E-state index is 12.8. The van der Waals surface area contributed by atoms with Gasteiger partial charge in [-0.15, -0.1) is 0 Å². The Morgan fingerprint density at radius 2 is 1.78 bits per heavy atom. The minimum absolute atomic E-state index is 0.0425. The molecule has 0 saturated carbocycles. The SMILES string of the molecule is COc1ccccc1C(=O)Cc1ccc(F)cc1. The second-order valence-corrected chi connectivity index (χ2v) is 3.93. The summed E-state index contributed by atoms with van der Waals surface area (Å²) in [6.07, 6.45) is 0.237. The number of methoxy groups -OCH3 is 1. The summed E-state index contributed by atoms with van der Waals surface area (Å²) in [5, 5.41) is 0. The molecule has 0 aromatic heterocycles. The number of hydrogen-bond acceptors (Lipinski definition) is 2. The van der Waals surface area contributed by atoms with Crippen molar-refractivity contribution in [2.75, 3.05) is 7.11 Å². The van der Waals surface area contributed by atoms with Crippen LogP contribution in [0.15, 0.2) is 48.5 Å². The van der Waals surface area contributed by atoms with Gasteiger partial charge < -0.3 is 4.74 Å². The van der Waals surface area contributed by atoms with Gasteiger partial charge in [-0.2, -0.15) is 0 Å². The lowest BCUT2D eigenvalue weighted by atomic mass is 10.0. The van der Waals surface area contributed by atoms with E-state index in [1.54, 1.807) is 30.3 Å². The second kappa shape index (κ2) is 5.45. The van der Waals surface area contributed by atoms with Crippen molar-refractivity contribution in [3.8, 4) is 5.75 Å². The lowest BCUT2D eigenvalue weighted by Crippen LogP contribution is -2.05. The molecule has 0 saturated heterocycles. The van der Waals surface area contributed by atoms with Gasteiger partial charge in [0, 0.05) is 6.42 Å². The molecule has 0 spiro atoms. The van der Waals surface area contributed by atoms with Crippen LogP contribution in [0.25, 0.3) is 0 Å². The molecular weight excluding hydrogens is 231 g/mol. The lowest BCUT2D eigenvalue weighted by molar-refractivity contribution is 0.0990. The zero-order valence-electron chi connectivity index (χ0n) is 10.0. The first-order valence-electron chi connectivity index (χ1n) is 5.61. The van der Waals surface area contributed by atoms with Gasteiger partial charge in [0.05, 0.1) is 12.7 Å². The molecule has 0 aliphatic rings.